The van der Waals surface area contributed by atoms with Gasteiger partial charge in [-0.25, -0.2) is 4.79 Å². The minimum atomic E-state index is -0.968. The Hall–Kier alpha value is -2.24. The third-order valence-corrected chi connectivity index (χ3v) is 2.09. The van der Waals surface area contributed by atoms with Crippen molar-refractivity contribution in [1.82, 2.24) is 0 Å². The third kappa shape index (κ3) is 2.30. The number of carbonyl (C=O) groups excluding carboxylic acids is 2. The number of ketones is 1. The van der Waals surface area contributed by atoms with E-state index < -0.39 is 40.1 Å². The van der Waals surface area contributed by atoms with E-state index in [2.05, 4.69) is 4.74 Å². The summed E-state index contributed by atoms with van der Waals surface area (Å²) in [6.07, 6.45) is 0. The van der Waals surface area contributed by atoms with E-state index in [1.165, 1.54) is 0 Å². The Morgan fingerprint density at radius 2 is 1.71 bits per heavy atom. The van der Waals surface area contributed by atoms with Gasteiger partial charge in [-0.05, 0) is 13.8 Å². The standard InChI is InChI=1S/C11H12O6/c1-3-17-11(16)9-7(14)4-6(13)8(5(2)12)10(9)15/h4,13-15H,3H2,1-2H3. The van der Waals surface area contributed by atoms with Crippen LogP contribution in [0.15, 0.2) is 6.07 Å². The molecule has 0 saturated heterocycles. The molecule has 1 aromatic rings. The molecule has 0 bridgehead atoms. The van der Waals surface area contributed by atoms with Crippen molar-refractivity contribution in [2.75, 3.05) is 6.61 Å². The van der Waals surface area contributed by atoms with E-state index in [0.29, 0.717) is 0 Å². The summed E-state index contributed by atoms with van der Waals surface area (Å²) in [6.45, 7) is 2.72. The number of benzene rings is 1. The lowest BCUT2D eigenvalue weighted by molar-refractivity contribution is 0.0519. The summed E-state index contributed by atoms with van der Waals surface area (Å²) >= 11 is 0. The molecule has 0 heterocycles. The lowest BCUT2D eigenvalue weighted by Crippen LogP contribution is -2.07. The number of carbonyl (C=O) groups is 2. The van der Waals surface area contributed by atoms with Crippen LogP contribution in [-0.2, 0) is 4.74 Å². The number of hydrogen-bond acceptors (Lipinski definition) is 6. The first-order chi connectivity index (χ1) is 7.90. The molecule has 6 nitrogen and oxygen atoms in total. The van der Waals surface area contributed by atoms with Gasteiger partial charge in [0.1, 0.15) is 28.4 Å². The lowest BCUT2D eigenvalue weighted by atomic mass is 10.0. The number of Topliss-reactive ketones (excluding diaryl/α,β-unsaturated/α-hetero) is 1. The normalized spacial score (nSPS) is 10.0. The zero-order valence-corrected chi connectivity index (χ0v) is 9.35. The topological polar surface area (TPSA) is 104 Å². The molecule has 0 atom stereocenters. The molecule has 6 heteroatoms. The zero-order chi connectivity index (χ0) is 13.2. The minimum Gasteiger partial charge on any atom is -0.507 e. The summed E-state index contributed by atoms with van der Waals surface area (Å²) in [7, 11) is 0. The van der Waals surface area contributed by atoms with Crippen molar-refractivity contribution < 1.29 is 29.6 Å². The maximum absolute atomic E-state index is 11.4. The Bertz CT molecular complexity index is 477. The van der Waals surface area contributed by atoms with Crippen molar-refractivity contribution >= 4 is 11.8 Å². The Kier molecular flexibility index (Phi) is 3.57. The van der Waals surface area contributed by atoms with E-state index in [-0.39, 0.29) is 6.61 Å². The summed E-state index contributed by atoms with van der Waals surface area (Å²) in [5, 5.41) is 28.5. The highest BCUT2D eigenvalue weighted by Gasteiger charge is 2.25. The van der Waals surface area contributed by atoms with Gasteiger partial charge in [-0.1, -0.05) is 0 Å². The molecule has 0 aliphatic carbocycles. The molecule has 1 aromatic carbocycles. The quantitative estimate of drug-likeness (QED) is 0.541. The van der Waals surface area contributed by atoms with Gasteiger partial charge in [0, 0.05) is 6.07 Å². The first kappa shape index (κ1) is 12.8. The Labute approximate surface area is 97.1 Å². The molecule has 0 saturated carbocycles. The van der Waals surface area contributed by atoms with Crippen LogP contribution in [0.1, 0.15) is 34.6 Å². The number of phenols is 3. The van der Waals surface area contributed by atoms with Gasteiger partial charge < -0.3 is 20.1 Å². The van der Waals surface area contributed by atoms with Crippen molar-refractivity contribution in [2.24, 2.45) is 0 Å². The first-order valence-corrected chi connectivity index (χ1v) is 4.86. The minimum absolute atomic E-state index is 0.0496. The number of hydrogen-bond donors (Lipinski definition) is 3. The Morgan fingerprint density at radius 3 is 2.18 bits per heavy atom. The second kappa shape index (κ2) is 4.73. The average Bonchev–Trinajstić information content (AvgIpc) is 2.15. The van der Waals surface area contributed by atoms with Crippen LogP contribution in [0.25, 0.3) is 0 Å². The molecule has 0 unspecified atom stereocenters. The first-order valence-electron chi connectivity index (χ1n) is 4.86. The third-order valence-electron chi connectivity index (χ3n) is 2.09. The molecule has 0 radical (unpaired) electrons. The van der Waals surface area contributed by atoms with Crippen molar-refractivity contribution in [1.29, 1.82) is 0 Å². The number of aromatic hydroxyl groups is 3. The van der Waals surface area contributed by atoms with E-state index in [9.17, 15) is 24.9 Å². The van der Waals surface area contributed by atoms with Gasteiger partial charge >= 0.3 is 5.97 Å². The smallest absolute Gasteiger partial charge is 0.345 e. The fourth-order valence-corrected chi connectivity index (χ4v) is 1.39. The van der Waals surface area contributed by atoms with Gasteiger partial charge in [0.15, 0.2) is 5.78 Å². The lowest BCUT2D eigenvalue weighted by Gasteiger charge is -2.10. The van der Waals surface area contributed by atoms with Crippen molar-refractivity contribution in [2.45, 2.75) is 13.8 Å². The predicted molar refractivity (Wildman–Crippen MR) is 57.4 cm³/mol. The number of phenolic OH excluding ortho intramolecular Hbond substituents is 3. The van der Waals surface area contributed by atoms with Crippen LogP contribution in [0.4, 0.5) is 0 Å². The molecular formula is C11H12O6. The molecule has 92 valence electrons. The highest BCUT2D eigenvalue weighted by atomic mass is 16.5. The van der Waals surface area contributed by atoms with Crippen molar-refractivity contribution in [3.05, 3.63) is 17.2 Å². The summed E-state index contributed by atoms with van der Waals surface area (Å²) < 4.78 is 4.61. The van der Waals surface area contributed by atoms with Gasteiger partial charge in [-0.15, -0.1) is 0 Å². The summed E-state index contributed by atoms with van der Waals surface area (Å²) in [5.74, 6) is -3.63. The van der Waals surface area contributed by atoms with E-state index in [1.54, 1.807) is 6.92 Å². The number of esters is 1. The molecule has 1 rings (SSSR count). The fraction of sp³-hybridized carbons (Fsp3) is 0.273. The van der Waals surface area contributed by atoms with Crippen molar-refractivity contribution in [3.8, 4) is 17.2 Å². The second-order valence-electron chi connectivity index (χ2n) is 3.29. The molecule has 0 aromatic heterocycles. The summed E-state index contributed by atoms with van der Waals surface area (Å²) in [6, 6.07) is 0.808. The Morgan fingerprint density at radius 1 is 1.18 bits per heavy atom. The molecule has 17 heavy (non-hydrogen) atoms. The molecular weight excluding hydrogens is 228 g/mol. The largest absolute Gasteiger partial charge is 0.507 e. The van der Waals surface area contributed by atoms with E-state index >= 15 is 0 Å². The predicted octanol–water partition coefficient (Wildman–Crippen LogP) is 1.18. The number of ether oxygens (including phenoxy) is 1. The molecule has 0 aliphatic heterocycles. The monoisotopic (exact) mass is 240 g/mol. The Balaban J connectivity index is 3.46. The van der Waals surface area contributed by atoms with Gasteiger partial charge in [-0.3, -0.25) is 4.79 Å². The van der Waals surface area contributed by atoms with Crippen LogP contribution >= 0.6 is 0 Å². The van der Waals surface area contributed by atoms with E-state index in [0.717, 1.165) is 13.0 Å². The molecule has 0 aliphatic rings. The van der Waals surface area contributed by atoms with E-state index in [1.807, 2.05) is 0 Å². The van der Waals surface area contributed by atoms with Gasteiger partial charge in [0.2, 0.25) is 0 Å². The highest BCUT2D eigenvalue weighted by molar-refractivity contribution is 6.05. The van der Waals surface area contributed by atoms with Gasteiger partial charge in [-0.2, -0.15) is 0 Å². The maximum Gasteiger partial charge on any atom is 0.345 e. The van der Waals surface area contributed by atoms with Crippen LogP contribution < -0.4 is 0 Å². The van der Waals surface area contributed by atoms with Gasteiger partial charge in [0.25, 0.3) is 0 Å². The second-order valence-corrected chi connectivity index (χ2v) is 3.29. The SMILES string of the molecule is CCOC(=O)c1c(O)cc(O)c(C(C)=O)c1O. The van der Waals surface area contributed by atoms with Crippen molar-refractivity contribution in [3.63, 3.8) is 0 Å². The molecule has 0 fully saturated rings. The van der Waals surface area contributed by atoms with E-state index in [4.69, 9.17) is 0 Å². The van der Waals surface area contributed by atoms with Crippen LogP contribution in [0.3, 0.4) is 0 Å². The molecule has 0 amide bonds. The summed E-state index contributed by atoms with van der Waals surface area (Å²) in [4.78, 5) is 22.6. The van der Waals surface area contributed by atoms with Crippen LogP contribution in [-0.4, -0.2) is 33.7 Å². The maximum atomic E-state index is 11.4. The average molecular weight is 240 g/mol. The van der Waals surface area contributed by atoms with Gasteiger partial charge in [0.05, 0.1) is 6.61 Å². The molecule has 3 N–H and O–H groups in total. The van der Waals surface area contributed by atoms with Crippen LogP contribution in [0.5, 0.6) is 17.2 Å². The summed E-state index contributed by atoms with van der Waals surface area (Å²) in [5.41, 5.74) is -0.958. The van der Waals surface area contributed by atoms with Crippen LogP contribution in [0, 0.1) is 0 Å². The fourth-order valence-electron chi connectivity index (χ4n) is 1.39. The number of rotatable bonds is 3. The zero-order valence-electron chi connectivity index (χ0n) is 9.35. The molecule has 0 spiro atoms. The van der Waals surface area contributed by atoms with Crippen LogP contribution in [0.2, 0.25) is 0 Å². The highest BCUT2D eigenvalue weighted by Crippen LogP contribution is 2.37.